The lowest BCUT2D eigenvalue weighted by atomic mass is 10.2. The number of carbonyl (C=O) groups is 3. The van der Waals surface area contributed by atoms with Crippen LogP contribution < -0.4 is 14.8 Å². The van der Waals surface area contributed by atoms with Crippen molar-refractivity contribution in [3.63, 3.8) is 0 Å². The first-order valence-corrected chi connectivity index (χ1v) is 13.1. The van der Waals surface area contributed by atoms with Crippen LogP contribution in [0.1, 0.15) is 11.1 Å². The summed E-state index contributed by atoms with van der Waals surface area (Å²) in [5.41, 5.74) is 2.28. The van der Waals surface area contributed by atoms with Gasteiger partial charge in [-0.1, -0.05) is 34.1 Å². The van der Waals surface area contributed by atoms with Crippen molar-refractivity contribution in [2.45, 2.75) is 6.61 Å². The molecule has 7 nitrogen and oxygen atoms in total. The van der Waals surface area contributed by atoms with Crippen LogP contribution in [-0.4, -0.2) is 35.6 Å². The molecule has 0 spiro atoms. The van der Waals surface area contributed by atoms with Crippen molar-refractivity contribution in [3.05, 3.63) is 91.7 Å². The monoisotopic (exact) mass is 630 g/mol. The minimum Gasteiger partial charge on any atom is -0.497 e. The Kier molecular flexibility index (Phi) is 8.50. The molecule has 184 valence electrons. The van der Waals surface area contributed by atoms with Crippen molar-refractivity contribution in [2.75, 3.05) is 19.0 Å². The molecule has 3 aromatic carbocycles. The minimum absolute atomic E-state index is 0.243. The first-order valence-electron chi connectivity index (χ1n) is 10.7. The molecule has 1 heterocycles. The number of thioether (sulfide) groups is 1. The molecule has 1 N–H and O–H groups in total. The third-order valence-electron chi connectivity index (χ3n) is 5.11. The van der Waals surface area contributed by atoms with Gasteiger partial charge in [-0.2, -0.15) is 0 Å². The van der Waals surface area contributed by atoms with E-state index in [1.165, 1.54) is 0 Å². The minimum atomic E-state index is -0.512. The van der Waals surface area contributed by atoms with Crippen LogP contribution in [-0.2, 0) is 16.2 Å². The number of imide groups is 1. The van der Waals surface area contributed by atoms with Gasteiger partial charge in [0.25, 0.3) is 11.1 Å². The standard InChI is InChI=1S/C26H20Br2N2O5S/c1-34-20-9-7-19(8-10-20)29-24(31)14-30-25(32)23(36-26(30)33)13-17-4-11-22(21(28)12-17)35-15-16-2-5-18(27)6-3-16/h2-13H,14-15H2,1H3,(H,29,31)/b23-13+. The molecule has 0 saturated carbocycles. The van der Waals surface area contributed by atoms with E-state index in [1.54, 1.807) is 55.7 Å². The number of amides is 3. The predicted molar refractivity (Wildman–Crippen MR) is 147 cm³/mol. The van der Waals surface area contributed by atoms with Gasteiger partial charge >= 0.3 is 0 Å². The average Bonchev–Trinajstić information content (AvgIpc) is 3.12. The molecule has 0 unspecified atom stereocenters. The molecule has 1 aliphatic heterocycles. The van der Waals surface area contributed by atoms with Crippen LogP contribution in [0.2, 0.25) is 0 Å². The third-order valence-corrected chi connectivity index (χ3v) is 7.17. The van der Waals surface area contributed by atoms with E-state index in [2.05, 4.69) is 37.2 Å². The number of anilines is 1. The Balaban J connectivity index is 1.38. The van der Waals surface area contributed by atoms with Gasteiger partial charge in [0.05, 0.1) is 16.5 Å². The number of hydrogen-bond donors (Lipinski definition) is 1. The summed E-state index contributed by atoms with van der Waals surface area (Å²) in [6.45, 7) is 0.0310. The van der Waals surface area contributed by atoms with Crippen molar-refractivity contribution in [3.8, 4) is 11.5 Å². The topological polar surface area (TPSA) is 84.9 Å². The lowest BCUT2D eigenvalue weighted by molar-refractivity contribution is -0.127. The van der Waals surface area contributed by atoms with Gasteiger partial charge in [-0.25, -0.2) is 0 Å². The lowest BCUT2D eigenvalue weighted by Crippen LogP contribution is -2.36. The number of hydrogen-bond acceptors (Lipinski definition) is 6. The summed E-state index contributed by atoms with van der Waals surface area (Å²) in [5.74, 6) is 0.318. The van der Waals surface area contributed by atoms with E-state index in [0.717, 1.165) is 26.7 Å². The van der Waals surface area contributed by atoms with E-state index in [-0.39, 0.29) is 11.4 Å². The molecule has 3 aromatic rings. The number of benzene rings is 3. The summed E-state index contributed by atoms with van der Waals surface area (Å²) in [7, 11) is 1.55. The fourth-order valence-corrected chi connectivity index (χ4v) is 4.89. The second-order valence-corrected chi connectivity index (χ2v) is 10.4. The number of methoxy groups -OCH3 is 1. The normalized spacial score (nSPS) is 14.3. The van der Waals surface area contributed by atoms with Gasteiger partial charge in [0.15, 0.2) is 0 Å². The zero-order chi connectivity index (χ0) is 25.7. The Morgan fingerprint density at radius 3 is 2.42 bits per heavy atom. The molecule has 1 fully saturated rings. The van der Waals surface area contributed by atoms with Crippen LogP contribution in [0, 0.1) is 0 Å². The van der Waals surface area contributed by atoms with E-state index in [9.17, 15) is 14.4 Å². The summed E-state index contributed by atoms with van der Waals surface area (Å²) in [4.78, 5) is 38.8. The Labute approximate surface area is 229 Å². The zero-order valence-corrected chi connectivity index (χ0v) is 23.0. The van der Waals surface area contributed by atoms with E-state index < -0.39 is 17.1 Å². The van der Waals surface area contributed by atoms with Crippen molar-refractivity contribution in [2.24, 2.45) is 0 Å². The predicted octanol–water partition coefficient (Wildman–Crippen LogP) is 6.47. The molecule has 36 heavy (non-hydrogen) atoms. The summed E-state index contributed by atoms with van der Waals surface area (Å²) < 4.78 is 12.7. The third kappa shape index (κ3) is 6.57. The van der Waals surface area contributed by atoms with Crippen molar-refractivity contribution < 1.29 is 23.9 Å². The van der Waals surface area contributed by atoms with Crippen molar-refractivity contribution in [1.82, 2.24) is 4.90 Å². The molecule has 0 aliphatic carbocycles. The van der Waals surface area contributed by atoms with Gasteiger partial charge in [-0.05, 0) is 93.4 Å². The van der Waals surface area contributed by atoms with Crippen LogP contribution in [0.15, 0.2) is 80.6 Å². The maximum Gasteiger partial charge on any atom is 0.294 e. The molecule has 3 amide bonds. The second kappa shape index (κ2) is 11.8. The number of nitrogens with one attached hydrogen (secondary N) is 1. The van der Waals surface area contributed by atoms with Gasteiger partial charge in [0, 0.05) is 10.2 Å². The molecular weight excluding hydrogens is 612 g/mol. The number of halogens is 2. The van der Waals surface area contributed by atoms with Gasteiger partial charge in [-0.15, -0.1) is 0 Å². The van der Waals surface area contributed by atoms with Gasteiger partial charge in [0.1, 0.15) is 24.7 Å². The van der Waals surface area contributed by atoms with Gasteiger partial charge in [-0.3, -0.25) is 19.3 Å². The highest BCUT2D eigenvalue weighted by Crippen LogP contribution is 2.34. The molecular formula is C26H20Br2N2O5S. The number of ether oxygens (including phenoxy) is 2. The summed E-state index contributed by atoms with van der Waals surface area (Å²) in [6, 6.07) is 20.0. The van der Waals surface area contributed by atoms with E-state index in [4.69, 9.17) is 9.47 Å². The Hall–Kier alpha value is -3.08. The van der Waals surface area contributed by atoms with Crippen molar-refractivity contribution >= 4 is 72.4 Å². The molecule has 1 aliphatic rings. The second-order valence-electron chi connectivity index (χ2n) is 7.65. The smallest absolute Gasteiger partial charge is 0.294 e. The molecule has 0 bridgehead atoms. The van der Waals surface area contributed by atoms with Crippen LogP contribution >= 0.6 is 43.6 Å². The first-order chi connectivity index (χ1) is 17.3. The first kappa shape index (κ1) is 26.0. The molecule has 1 saturated heterocycles. The van der Waals surface area contributed by atoms with Crippen LogP contribution in [0.4, 0.5) is 10.5 Å². The van der Waals surface area contributed by atoms with Crippen LogP contribution in [0.25, 0.3) is 6.08 Å². The van der Waals surface area contributed by atoms with Gasteiger partial charge < -0.3 is 14.8 Å². The number of carbonyl (C=O) groups excluding carboxylic acids is 3. The van der Waals surface area contributed by atoms with Crippen molar-refractivity contribution in [1.29, 1.82) is 0 Å². The Morgan fingerprint density at radius 2 is 1.75 bits per heavy atom. The highest BCUT2D eigenvalue weighted by Gasteiger charge is 2.36. The van der Waals surface area contributed by atoms with Crippen LogP contribution in [0.3, 0.4) is 0 Å². The van der Waals surface area contributed by atoms with E-state index >= 15 is 0 Å². The number of rotatable bonds is 8. The lowest BCUT2D eigenvalue weighted by Gasteiger charge is -2.12. The van der Waals surface area contributed by atoms with E-state index in [1.807, 2.05) is 24.3 Å². The maximum absolute atomic E-state index is 12.8. The summed E-state index contributed by atoms with van der Waals surface area (Å²) in [5, 5.41) is 2.18. The molecule has 0 aromatic heterocycles. The highest BCUT2D eigenvalue weighted by molar-refractivity contribution is 9.10. The fraction of sp³-hybridized carbons (Fsp3) is 0.115. The molecule has 0 radical (unpaired) electrons. The Bertz CT molecular complexity index is 1330. The molecule has 4 rings (SSSR count). The number of nitrogens with zero attached hydrogens (tertiary/aromatic N) is 1. The highest BCUT2D eigenvalue weighted by atomic mass is 79.9. The fourth-order valence-electron chi connectivity index (χ4n) is 3.27. The average molecular weight is 632 g/mol. The van der Waals surface area contributed by atoms with E-state index in [0.29, 0.717) is 33.8 Å². The largest absolute Gasteiger partial charge is 0.497 e. The molecule has 10 heteroatoms. The van der Waals surface area contributed by atoms with Crippen LogP contribution in [0.5, 0.6) is 11.5 Å². The maximum atomic E-state index is 12.8. The van der Waals surface area contributed by atoms with Gasteiger partial charge in [0.2, 0.25) is 5.91 Å². The quantitative estimate of drug-likeness (QED) is 0.287. The zero-order valence-electron chi connectivity index (χ0n) is 19.0. The SMILES string of the molecule is COc1ccc(NC(=O)CN2C(=O)S/C(=C/c3ccc(OCc4ccc(Br)cc4)c(Br)c3)C2=O)cc1. The Morgan fingerprint density at radius 1 is 1.03 bits per heavy atom. The summed E-state index contributed by atoms with van der Waals surface area (Å²) >= 11 is 7.71. The molecule has 0 atom stereocenters. The summed E-state index contributed by atoms with van der Waals surface area (Å²) in [6.07, 6.45) is 1.62.